The van der Waals surface area contributed by atoms with Gasteiger partial charge in [0.05, 0.1) is 0 Å². The molecule has 1 aliphatic rings. The summed E-state index contributed by atoms with van der Waals surface area (Å²) in [6.07, 6.45) is 4.82. The SMILES string of the molecule is C=CC(c1ccccc1)C1CCCS1. The smallest absolute Gasteiger partial charge is 0.0151 e. The minimum absolute atomic E-state index is 0.545. The predicted octanol–water partition coefficient (Wildman–Crippen LogP) is 3.85. The van der Waals surface area contributed by atoms with E-state index in [1.807, 2.05) is 0 Å². The molecule has 0 aromatic heterocycles. The van der Waals surface area contributed by atoms with Crippen molar-refractivity contribution >= 4 is 11.8 Å². The molecule has 0 radical (unpaired) electrons. The van der Waals surface area contributed by atoms with E-state index in [1.54, 1.807) is 0 Å². The molecule has 1 aromatic rings. The Balaban J connectivity index is 2.16. The minimum Gasteiger partial charge on any atom is -0.158 e. The normalized spacial score (nSPS) is 23.3. The van der Waals surface area contributed by atoms with Gasteiger partial charge in [-0.25, -0.2) is 0 Å². The van der Waals surface area contributed by atoms with Gasteiger partial charge in [-0.15, -0.1) is 6.58 Å². The number of thioether (sulfide) groups is 1. The Morgan fingerprint density at radius 2 is 2.14 bits per heavy atom. The van der Waals surface area contributed by atoms with Gasteiger partial charge in [0.15, 0.2) is 0 Å². The Labute approximate surface area is 90.4 Å². The predicted molar refractivity (Wildman–Crippen MR) is 64.9 cm³/mol. The maximum Gasteiger partial charge on any atom is 0.0151 e. The van der Waals surface area contributed by atoms with Gasteiger partial charge in [0, 0.05) is 11.2 Å². The molecular formula is C13H16S. The fourth-order valence-corrected chi connectivity index (χ4v) is 3.51. The summed E-state index contributed by atoms with van der Waals surface area (Å²) in [6, 6.07) is 10.7. The van der Waals surface area contributed by atoms with Gasteiger partial charge in [0.2, 0.25) is 0 Å². The molecule has 2 unspecified atom stereocenters. The fourth-order valence-electron chi connectivity index (χ4n) is 2.06. The summed E-state index contributed by atoms with van der Waals surface area (Å²) >= 11 is 2.10. The van der Waals surface area contributed by atoms with Gasteiger partial charge in [-0.2, -0.15) is 11.8 Å². The Hall–Kier alpha value is -0.690. The fraction of sp³-hybridized carbons (Fsp3) is 0.385. The van der Waals surface area contributed by atoms with Gasteiger partial charge in [0.25, 0.3) is 0 Å². The molecule has 1 heteroatoms. The second kappa shape index (κ2) is 4.70. The molecule has 0 N–H and O–H groups in total. The van der Waals surface area contributed by atoms with Gasteiger partial charge < -0.3 is 0 Å². The van der Waals surface area contributed by atoms with Crippen LogP contribution >= 0.6 is 11.8 Å². The topological polar surface area (TPSA) is 0 Å². The van der Waals surface area contributed by atoms with Crippen LogP contribution in [0, 0.1) is 0 Å². The molecule has 0 saturated carbocycles. The minimum atomic E-state index is 0.545. The van der Waals surface area contributed by atoms with Gasteiger partial charge in [0.1, 0.15) is 0 Å². The first-order valence-electron chi connectivity index (χ1n) is 5.21. The Bertz CT molecular complexity index is 285. The zero-order valence-corrected chi connectivity index (χ0v) is 9.17. The lowest BCUT2D eigenvalue weighted by Crippen LogP contribution is -2.09. The molecule has 2 atom stereocenters. The van der Waals surface area contributed by atoms with Crippen molar-refractivity contribution in [1.82, 2.24) is 0 Å². The highest BCUT2D eigenvalue weighted by Crippen LogP contribution is 2.37. The lowest BCUT2D eigenvalue weighted by atomic mass is 9.93. The van der Waals surface area contributed by atoms with Crippen LogP contribution < -0.4 is 0 Å². The average Bonchev–Trinajstić information content (AvgIpc) is 2.74. The molecule has 0 amide bonds. The number of hydrogen-bond donors (Lipinski definition) is 0. The Kier molecular flexibility index (Phi) is 3.30. The highest BCUT2D eigenvalue weighted by atomic mass is 32.2. The lowest BCUT2D eigenvalue weighted by molar-refractivity contribution is 0.716. The van der Waals surface area contributed by atoms with E-state index >= 15 is 0 Å². The van der Waals surface area contributed by atoms with Crippen LogP contribution in [0.15, 0.2) is 43.0 Å². The Morgan fingerprint density at radius 1 is 1.36 bits per heavy atom. The molecule has 14 heavy (non-hydrogen) atoms. The molecule has 1 fully saturated rings. The summed E-state index contributed by atoms with van der Waals surface area (Å²) in [5.41, 5.74) is 1.42. The third-order valence-corrected chi connectivity index (χ3v) is 4.29. The molecule has 74 valence electrons. The van der Waals surface area contributed by atoms with Gasteiger partial charge >= 0.3 is 0 Å². The van der Waals surface area contributed by atoms with Crippen LogP contribution in [0.2, 0.25) is 0 Å². The number of benzene rings is 1. The zero-order valence-electron chi connectivity index (χ0n) is 8.36. The van der Waals surface area contributed by atoms with E-state index in [4.69, 9.17) is 0 Å². The molecule has 1 aliphatic heterocycles. The van der Waals surface area contributed by atoms with Crippen LogP contribution in [0.25, 0.3) is 0 Å². The van der Waals surface area contributed by atoms with Crippen LogP contribution in [-0.4, -0.2) is 11.0 Å². The monoisotopic (exact) mass is 204 g/mol. The second-order valence-electron chi connectivity index (χ2n) is 3.72. The zero-order chi connectivity index (χ0) is 9.80. The van der Waals surface area contributed by atoms with Crippen molar-refractivity contribution in [3.8, 4) is 0 Å². The molecule has 2 rings (SSSR count). The van der Waals surface area contributed by atoms with Crippen LogP contribution in [0.4, 0.5) is 0 Å². The van der Waals surface area contributed by atoms with Crippen molar-refractivity contribution in [2.24, 2.45) is 0 Å². The van der Waals surface area contributed by atoms with Crippen LogP contribution in [0.1, 0.15) is 24.3 Å². The number of rotatable bonds is 3. The second-order valence-corrected chi connectivity index (χ2v) is 5.07. The molecule has 0 bridgehead atoms. The molecule has 0 spiro atoms. The largest absolute Gasteiger partial charge is 0.158 e. The first-order valence-corrected chi connectivity index (χ1v) is 6.26. The Morgan fingerprint density at radius 3 is 2.71 bits per heavy atom. The first kappa shape index (κ1) is 9.85. The van der Waals surface area contributed by atoms with Gasteiger partial charge in [-0.1, -0.05) is 36.4 Å². The summed E-state index contributed by atoms with van der Waals surface area (Å²) in [5.74, 6) is 1.87. The van der Waals surface area contributed by atoms with Crippen molar-refractivity contribution in [2.45, 2.75) is 24.0 Å². The van der Waals surface area contributed by atoms with E-state index in [9.17, 15) is 0 Å². The summed E-state index contributed by atoms with van der Waals surface area (Å²) in [5, 5.41) is 0.759. The third-order valence-electron chi connectivity index (χ3n) is 2.80. The van der Waals surface area contributed by atoms with E-state index in [0.717, 1.165) is 5.25 Å². The van der Waals surface area contributed by atoms with E-state index in [2.05, 4.69) is 54.7 Å². The molecule has 1 aromatic carbocycles. The molecule has 1 heterocycles. The van der Waals surface area contributed by atoms with E-state index in [0.29, 0.717) is 5.92 Å². The maximum absolute atomic E-state index is 3.97. The van der Waals surface area contributed by atoms with Crippen LogP contribution in [0.5, 0.6) is 0 Å². The van der Waals surface area contributed by atoms with Crippen molar-refractivity contribution in [3.05, 3.63) is 48.6 Å². The molecule has 0 aliphatic carbocycles. The van der Waals surface area contributed by atoms with Crippen molar-refractivity contribution < 1.29 is 0 Å². The summed E-state index contributed by atoms with van der Waals surface area (Å²) in [4.78, 5) is 0. The average molecular weight is 204 g/mol. The van der Waals surface area contributed by atoms with Gasteiger partial charge in [-0.05, 0) is 24.2 Å². The quantitative estimate of drug-likeness (QED) is 0.674. The van der Waals surface area contributed by atoms with Crippen molar-refractivity contribution in [2.75, 3.05) is 5.75 Å². The summed E-state index contributed by atoms with van der Waals surface area (Å²) in [6.45, 7) is 3.97. The maximum atomic E-state index is 3.97. The first-order chi connectivity index (χ1) is 6.92. The highest BCUT2D eigenvalue weighted by molar-refractivity contribution is 8.00. The molecule has 0 nitrogen and oxygen atoms in total. The van der Waals surface area contributed by atoms with E-state index in [1.165, 1.54) is 24.2 Å². The number of allylic oxidation sites excluding steroid dienone is 1. The standard InChI is InChI=1S/C13H16S/c1-2-12(13-9-6-10-14-13)11-7-4-3-5-8-11/h2-5,7-8,12-13H,1,6,9-10H2. The summed E-state index contributed by atoms with van der Waals surface area (Å²) in [7, 11) is 0. The van der Waals surface area contributed by atoms with E-state index in [-0.39, 0.29) is 0 Å². The summed E-state index contributed by atoms with van der Waals surface area (Å²) < 4.78 is 0. The lowest BCUT2D eigenvalue weighted by Gasteiger charge is -2.19. The van der Waals surface area contributed by atoms with Crippen molar-refractivity contribution in [1.29, 1.82) is 0 Å². The molecule has 1 saturated heterocycles. The number of hydrogen-bond acceptors (Lipinski definition) is 1. The third kappa shape index (κ3) is 2.03. The van der Waals surface area contributed by atoms with Crippen LogP contribution in [-0.2, 0) is 0 Å². The van der Waals surface area contributed by atoms with Crippen LogP contribution in [0.3, 0.4) is 0 Å². The van der Waals surface area contributed by atoms with E-state index < -0.39 is 0 Å². The molecular weight excluding hydrogens is 188 g/mol. The van der Waals surface area contributed by atoms with Crippen molar-refractivity contribution in [3.63, 3.8) is 0 Å². The highest BCUT2D eigenvalue weighted by Gasteiger charge is 2.24. The van der Waals surface area contributed by atoms with Gasteiger partial charge in [-0.3, -0.25) is 0 Å².